The number of carbonyl (C=O) groups excluding carboxylic acids is 2. The largest absolute Gasteiger partial charge is 0.508 e. The normalized spacial score (nSPS) is 15.8. The maximum atomic E-state index is 12.0. The van der Waals surface area contributed by atoms with Gasteiger partial charge in [-0.2, -0.15) is 0 Å². The quantitative estimate of drug-likeness (QED) is 0.894. The molecule has 5 nitrogen and oxygen atoms in total. The van der Waals surface area contributed by atoms with Crippen molar-refractivity contribution in [2.45, 2.75) is 32.6 Å². The Morgan fingerprint density at radius 3 is 2.67 bits per heavy atom. The van der Waals surface area contributed by atoms with Crippen LogP contribution in [0, 0.1) is 5.92 Å². The van der Waals surface area contributed by atoms with E-state index < -0.39 is 0 Å². The van der Waals surface area contributed by atoms with E-state index >= 15 is 0 Å². The maximum Gasteiger partial charge on any atom is 0.224 e. The van der Waals surface area contributed by atoms with E-state index in [1.165, 1.54) is 12.1 Å². The van der Waals surface area contributed by atoms with Crippen molar-refractivity contribution in [3.8, 4) is 5.75 Å². The number of benzene rings is 1. The zero-order valence-corrected chi connectivity index (χ0v) is 12.3. The van der Waals surface area contributed by atoms with Crippen LogP contribution in [0.5, 0.6) is 5.75 Å². The van der Waals surface area contributed by atoms with Gasteiger partial charge in [0.2, 0.25) is 11.8 Å². The summed E-state index contributed by atoms with van der Waals surface area (Å²) in [6.45, 7) is 3.80. The monoisotopic (exact) mass is 290 g/mol. The SMILES string of the molecule is CC1CCN(C(=O)CCC(=O)Nc2cccc(O)c2)CC1. The summed E-state index contributed by atoms with van der Waals surface area (Å²) < 4.78 is 0. The summed E-state index contributed by atoms with van der Waals surface area (Å²) >= 11 is 0. The highest BCUT2D eigenvalue weighted by molar-refractivity contribution is 5.93. The zero-order chi connectivity index (χ0) is 15.2. The number of hydrogen-bond acceptors (Lipinski definition) is 3. The van der Waals surface area contributed by atoms with E-state index in [4.69, 9.17) is 0 Å². The molecule has 2 N–H and O–H groups in total. The van der Waals surface area contributed by atoms with Gasteiger partial charge in [0.25, 0.3) is 0 Å². The average Bonchev–Trinajstić information content (AvgIpc) is 2.45. The first-order valence-electron chi connectivity index (χ1n) is 7.41. The molecule has 1 aliphatic heterocycles. The van der Waals surface area contributed by atoms with Gasteiger partial charge in [0.15, 0.2) is 0 Å². The minimum Gasteiger partial charge on any atom is -0.508 e. The number of nitrogens with zero attached hydrogens (tertiary/aromatic N) is 1. The lowest BCUT2D eigenvalue weighted by Gasteiger charge is -2.30. The van der Waals surface area contributed by atoms with Crippen molar-refractivity contribution >= 4 is 17.5 Å². The van der Waals surface area contributed by atoms with Gasteiger partial charge in [0.1, 0.15) is 5.75 Å². The van der Waals surface area contributed by atoms with Crippen LogP contribution >= 0.6 is 0 Å². The van der Waals surface area contributed by atoms with Crippen LogP contribution in [0.25, 0.3) is 0 Å². The second-order valence-corrected chi connectivity index (χ2v) is 5.66. The molecular formula is C16H22N2O3. The Bertz CT molecular complexity index is 508. The minimum atomic E-state index is -0.209. The minimum absolute atomic E-state index is 0.0490. The summed E-state index contributed by atoms with van der Waals surface area (Å²) in [5, 5.41) is 12.0. The van der Waals surface area contributed by atoms with E-state index in [-0.39, 0.29) is 30.4 Å². The average molecular weight is 290 g/mol. The second-order valence-electron chi connectivity index (χ2n) is 5.66. The molecule has 2 amide bonds. The third-order valence-electron chi connectivity index (χ3n) is 3.83. The number of amides is 2. The van der Waals surface area contributed by atoms with Crippen molar-refractivity contribution in [1.29, 1.82) is 0 Å². The highest BCUT2D eigenvalue weighted by atomic mass is 16.3. The Hall–Kier alpha value is -2.04. The number of phenols is 1. The van der Waals surface area contributed by atoms with Crippen LogP contribution in [0.3, 0.4) is 0 Å². The Morgan fingerprint density at radius 1 is 1.29 bits per heavy atom. The summed E-state index contributed by atoms with van der Waals surface area (Å²) in [6, 6.07) is 6.37. The molecule has 0 unspecified atom stereocenters. The topological polar surface area (TPSA) is 69.6 Å². The van der Waals surface area contributed by atoms with Crippen LogP contribution in [-0.4, -0.2) is 34.9 Å². The third-order valence-corrected chi connectivity index (χ3v) is 3.83. The summed E-state index contributed by atoms with van der Waals surface area (Å²) in [5.74, 6) is 0.627. The Kier molecular flexibility index (Phi) is 5.20. The zero-order valence-electron chi connectivity index (χ0n) is 12.3. The molecule has 1 aliphatic rings. The number of rotatable bonds is 4. The number of hydrogen-bond donors (Lipinski definition) is 2. The number of anilines is 1. The smallest absolute Gasteiger partial charge is 0.224 e. The lowest BCUT2D eigenvalue weighted by Crippen LogP contribution is -2.38. The third kappa shape index (κ3) is 4.77. The fourth-order valence-electron chi connectivity index (χ4n) is 2.44. The van der Waals surface area contributed by atoms with E-state index in [1.54, 1.807) is 12.1 Å². The van der Waals surface area contributed by atoms with Gasteiger partial charge in [-0.3, -0.25) is 9.59 Å². The first kappa shape index (κ1) is 15.4. The first-order valence-corrected chi connectivity index (χ1v) is 7.41. The molecule has 21 heavy (non-hydrogen) atoms. The fourth-order valence-corrected chi connectivity index (χ4v) is 2.44. The van der Waals surface area contributed by atoms with Crippen LogP contribution in [-0.2, 0) is 9.59 Å². The van der Waals surface area contributed by atoms with Crippen LogP contribution < -0.4 is 5.32 Å². The Labute approximate surface area is 125 Å². The van der Waals surface area contributed by atoms with Gasteiger partial charge in [-0.15, -0.1) is 0 Å². The highest BCUT2D eigenvalue weighted by Crippen LogP contribution is 2.18. The highest BCUT2D eigenvalue weighted by Gasteiger charge is 2.20. The molecule has 0 aliphatic carbocycles. The van der Waals surface area contributed by atoms with Crippen LogP contribution in [0.4, 0.5) is 5.69 Å². The lowest BCUT2D eigenvalue weighted by molar-refractivity contribution is -0.134. The van der Waals surface area contributed by atoms with Crippen molar-refractivity contribution in [2.24, 2.45) is 5.92 Å². The molecule has 1 aromatic carbocycles. The number of likely N-dealkylation sites (tertiary alicyclic amines) is 1. The van der Waals surface area contributed by atoms with Gasteiger partial charge in [-0.05, 0) is 30.9 Å². The molecule has 0 bridgehead atoms. The molecule has 1 heterocycles. The Balaban J connectivity index is 1.75. The predicted octanol–water partition coefficient (Wildman–Crippen LogP) is 2.37. The van der Waals surface area contributed by atoms with Gasteiger partial charge >= 0.3 is 0 Å². The number of nitrogens with one attached hydrogen (secondary N) is 1. The number of carbonyl (C=O) groups is 2. The van der Waals surface area contributed by atoms with E-state index in [0.717, 1.165) is 25.9 Å². The van der Waals surface area contributed by atoms with Crippen LogP contribution in [0.2, 0.25) is 0 Å². The predicted molar refractivity (Wildman–Crippen MR) is 80.9 cm³/mol. The molecule has 1 fully saturated rings. The van der Waals surface area contributed by atoms with Gasteiger partial charge in [-0.1, -0.05) is 13.0 Å². The van der Waals surface area contributed by atoms with Crippen molar-refractivity contribution in [3.63, 3.8) is 0 Å². The van der Waals surface area contributed by atoms with Crippen molar-refractivity contribution < 1.29 is 14.7 Å². The Morgan fingerprint density at radius 2 is 2.00 bits per heavy atom. The first-order chi connectivity index (χ1) is 10.0. The molecule has 0 atom stereocenters. The van der Waals surface area contributed by atoms with Crippen molar-refractivity contribution in [3.05, 3.63) is 24.3 Å². The molecule has 5 heteroatoms. The number of aromatic hydroxyl groups is 1. The van der Waals surface area contributed by atoms with Crippen LogP contribution in [0.1, 0.15) is 32.6 Å². The molecule has 0 saturated carbocycles. The number of piperidine rings is 1. The summed E-state index contributed by atoms with van der Waals surface area (Å²) in [4.78, 5) is 25.7. The van der Waals surface area contributed by atoms with Crippen molar-refractivity contribution in [2.75, 3.05) is 18.4 Å². The molecule has 0 aromatic heterocycles. The fraction of sp³-hybridized carbons (Fsp3) is 0.500. The van der Waals surface area contributed by atoms with Crippen molar-refractivity contribution in [1.82, 2.24) is 4.90 Å². The standard InChI is InChI=1S/C16H22N2O3/c1-12-7-9-18(10-8-12)16(21)6-5-15(20)17-13-3-2-4-14(19)11-13/h2-4,11-12,19H,5-10H2,1H3,(H,17,20). The van der Waals surface area contributed by atoms with Crippen LogP contribution in [0.15, 0.2) is 24.3 Å². The summed E-state index contributed by atoms with van der Waals surface area (Å²) in [5.41, 5.74) is 0.541. The van der Waals surface area contributed by atoms with E-state index in [2.05, 4.69) is 12.2 Å². The summed E-state index contributed by atoms with van der Waals surface area (Å²) in [7, 11) is 0. The number of phenolic OH excluding ortho intramolecular Hbond substituents is 1. The maximum absolute atomic E-state index is 12.0. The van der Waals surface area contributed by atoms with Gasteiger partial charge in [0, 0.05) is 37.7 Å². The molecule has 2 rings (SSSR count). The van der Waals surface area contributed by atoms with E-state index in [0.29, 0.717) is 11.6 Å². The van der Waals surface area contributed by atoms with Gasteiger partial charge in [-0.25, -0.2) is 0 Å². The van der Waals surface area contributed by atoms with E-state index in [1.807, 2.05) is 4.90 Å². The molecule has 0 spiro atoms. The molecule has 1 saturated heterocycles. The molecule has 1 aromatic rings. The molecular weight excluding hydrogens is 268 g/mol. The molecule has 0 radical (unpaired) electrons. The van der Waals surface area contributed by atoms with Gasteiger partial charge < -0.3 is 15.3 Å². The summed E-state index contributed by atoms with van der Waals surface area (Å²) in [6.07, 6.45) is 2.49. The van der Waals surface area contributed by atoms with E-state index in [9.17, 15) is 14.7 Å². The lowest BCUT2D eigenvalue weighted by atomic mass is 9.99. The second kappa shape index (κ2) is 7.11. The molecule has 114 valence electrons. The van der Waals surface area contributed by atoms with Gasteiger partial charge in [0.05, 0.1) is 0 Å².